The van der Waals surface area contributed by atoms with Gasteiger partial charge in [0.1, 0.15) is 29.2 Å². The second kappa shape index (κ2) is 6.39. The highest BCUT2D eigenvalue weighted by molar-refractivity contribution is 6.34. The summed E-state index contributed by atoms with van der Waals surface area (Å²) in [5.41, 5.74) is 0.541. The molecule has 1 aliphatic heterocycles. The summed E-state index contributed by atoms with van der Waals surface area (Å²) in [7, 11) is 0. The first-order chi connectivity index (χ1) is 12.6. The molecular formula is C18H20ClN5O2. The highest BCUT2D eigenvalue weighted by Gasteiger charge is 2.45. The maximum Gasteiger partial charge on any atom is 0.276 e. The van der Waals surface area contributed by atoms with Crippen LogP contribution in [0.4, 0.5) is 11.5 Å². The molecule has 1 fully saturated rings. The van der Waals surface area contributed by atoms with Gasteiger partial charge in [-0.3, -0.25) is 14.2 Å². The van der Waals surface area contributed by atoms with E-state index in [0.29, 0.717) is 11.5 Å². The Morgan fingerprint density at radius 1 is 1.31 bits per heavy atom. The third-order valence-electron chi connectivity index (χ3n) is 5.25. The van der Waals surface area contributed by atoms with Crippen molar-refractivity contribution in [1.82, 2.24) is 19.9 Å². The number of nitrogens with one attached hydrogen (secondary N) is 2. The second-order valence-corrected chi connectivity index (χ2v) is 7.22. The van der Waals surface area contributed by atoms with Crippen LogP contribution in [0.25, 0.3) is 0 Å². The molecule has 1 aliphatic carbocycles. The van der Waals surface area contributed by atoms with Crippen LogP contribution in [0.3, 0.4) is 0 Å². The van der Waals surface area contributed by atoms with Crippen LogP contribution in [0.5, 0.6) is 0 Å². The standard InChI is InChI=1S/C18H20ClN5O2/c1-2-11-9-20-10-21-15(11)22-13-8-12(19)14-16(25)23-18(24(14)17(13)26)6-4-3-5-7-18/h8-10H,2-7H2,1H3,(H,23,25)(H,20,21,22). The predicted molar refractivity (Wildman–Crippen MR) is 98.9 cm³/mol. The Labute approximate surface area is 155 Å². The van der Waals surface area contributed by atoms with E-state index >= 15 is 0 Å². The van der Waals surface area contributed by atoms with Crippen LogP contribution >= 0.6 is 11.6 Å². The lowest BCUT2D eigenvalue weighted by Gasteiger charge is -2.35. The largest absolute Gasteiger partial charge is 0.335 e. The number of fused-ring (bicyclic) bond motifs is 2. The lowest BCUT2D eigenvalue weighted by atomic mass is 9.89. The predicted octanol–water partition coefficient (Wildman–Crippen LogP) is 2.96. The number of nitrogens with zero attached hydrogens (tertiary/aromatic N) is 3. The molecule has 0 bridgehead atoms. The molecule has 26 heavy (non-hydrogen) atoms. The van der Waals surface area contributed by atoms with Crippen molar-refractivity contribution in [2.75, 3.05) is 5.32 Å². The number of carbonyl (C=O) groups is 1. The van der Waals surface area contributed by atoms with Crippen LogP contribution in [-0.2, 0) is 12.1 Å². The minimum absolute atomic E-state index is 0.252. The first kappa shape index (κ1) is 17.0. The summed E-state index contributed by atoms with van der Waals surface area (Å²) in [5, 5.41) is 6.37. The normalized spacial score (nSPS) is 17.8. The number of rotatable bonds is 3. The fourth-order valence-electron chi connectivity index (χ4n) is 3.96. The average Bonchev–Trinajstić information content (AvgIpc) is 2.92. The molecule has 1 saturated carbocycles. The number of anilines is 2. The average molecular weight is 374 g/mol. The van der Waals surface area contributed by atoms with Crippen molar-refractivity contribution in [2.24, 2.45) is 0 Å². The van der Waals surface area contributed by atoms with Crippen molar-refractivity contribution in [1.29, 1.82) is 0 Å². The monoisotopic (exact) mass is 373 g/mol. The zero-order chi connectivity index (χ0) is 18.3. The molecule has 2 aromatic rings. The smallest absolute Gasteiger partial charge is 0.276 e. The molecule has 2 N–H and O–H groups in total. The van der Waals surface area contributed by atoms with Gasteiger partial charge in [0.25, 0.3) is 11.5 Å². The van der Waals surface area contributed by atoms with Gasteiger partial charge in [-0.25, -0.2) is 9.97 Å². The van der Waals surface area contributed by atoms with Gasteiger partial charge in [-0.2, -0.15) is 0 Å². The van der Waals surface area contributed by atoms with E-state index in [9.17, 15) is 9.59 Å². The topological polar surface area (TPSA) is 88.9 Å². The van der Waals surface area contributed by atoms with Gasteiger partial charge in [0.15, 0.2) is 0 Å². The number of aromatic nitrogens is 3. The van der Waals surface area contributed by atoms with E-state index in [1.54, 1.807) is 10.8 Å². The molecule has 4 rings (SSSR count). The summed E-state index contributed by atoms with van der Waals surface area (Å²) in [5.74, 6) is 0.294. The molecule has 7 nitrogen and oxygen atoms in total. The van der Waals surface area contributed by atoms with Crippen molar-refractivity contribution in [3.63, 3.8) is 0 Å². The molecule has 2 aliphatic rings. The van der Waals surface area contributed by atoms with Gasteiger partial charge < -0.3 is 10.6 Å². The van der Waals surface area contributed by atoms with Gasteiger partial charge >= 0.3 is 0 Å². The lowest BCUT2D eigenvalue weighted by molar-refractivity contribution is 0.0877. The summed E-state index contributed by atoms with van der Waals surface area (Å²) in [6.45, 7) is 1.99. The van der Waals surface area contributed by atoms with Crippen molar-refractivity contribution in [2.45, 2.75) is 51.1 Å². The second-order valence-electron chi connectivity index (χ2n) is 6.82. The third-order valence-corrected chi connectivity index (χ3v) is 5.53. The quantitative estimate of drug-likeness (QED) is 0.863. The minimum Gasteiger partial charge on any atom is -0.335 e. The molecule has 136 valence electrons. The summed E-state index contributed by atoms with van der Waals surface area (Å²) >= 11 is 6.39. The fraction of sp³-hybridized carbons (Fsp3) is 0.444. The Morgan fingerprint density at radius 3 is 2.81 bits per heavy atom. The molecule has 0 saturated heterocycles. The molecular weight excluding hydrogens is 354 g/mol. The van der Waals surface area contributed by atoms with Crippen molar-refractivity contribution in [3.05, 3.63) is 45.2 Å². The summed E-state index contributed by atoms with van der Waals surface area (Å²) in [6.07, 6.45) is 8.39. The van der Waals surface area contributed by atoms with Crippen LogP contribution in [0.15, 0.2) is 23.4 Å². The maximum absolute atomic E-state index is 13.2. The van der Waals surface area contributed by atoms with Gasteiger partial charge in [0.05, 0.1) is 5.02 Å². The van der Waals surface area contributed by atoms with Gasteiger partial charge in [0, 0.05) is 11.8 Å². The molecule has 0 radical (unpaired) electrons. The fourth-order valence-corrected chi connectivity index (χ4v) is 4.24. The number of hydrogen-bond donors (Lipinski definition) is 2. The SMILES string of the molecule is CCc1cncnc1Nc1cc(Cl)c2n(c1=O)C1(CCCCC1)NC2=O. The van der Waals surface area contributed by atoms with Crippen LogP contribution in [0.1, 0.15) is 55.1 Å². The van der Waals surface area contributed by atoms with E-state index in [1.807, 2.05) is 6.92 Å². The molecule has 8 heteroatoms. The highest BCUT2D eigenvalue weighted by atomic mass is 35.5. The zero-order valence-electron chi connectivity index (χ0n) is 14.5. The first-order valence-corrected chi connectivity index (χ1v) is 9.28. The van der Waals surface area contributed by atoms with Crippen LogP contribution in [0, 0.1) is 0 Å². The van der Waals surface area contributed by atoms with E-state index < -0.39 is 5.66 Å². The van der Waals surface area contributed by atoms with E-state index in [4.69, 9.17) is 11.6 Å². The van der Waals surface area contributed by atoms with E-state index in [2.05, 4.69) is 20.6 Å². The number of pyridine rings is 1. The first-order valence-electron chi connectivity index (χ1n) is 8.90. The van der Waals surface area contributed by atoms with Gasteiger partial charge in [-0.1, -0.05) is 24.9 Å². The van der Waals surface area contributed by atoms with Gasteiger partial charge in [0.2, 0.25) is 0 Å². The van der Waals surface area contributed by atoms with Crippen LogP contribution in [0.2, 0.25) is 5.02 Å². The zero-order valence-corrected chi connectivity index (χ0v) is 15.3. The van der Waals surface area contributed by atoms with Crippen LogP contribution < -0.4 is 16.2 Å². The Morgan fingerprint density at radius 2 is 2.08 bits per heavy atom. The molecule has 0 aromatic carbocycles. The number of halogens is 1. The molecule has 1 amide bonds. The molecule has 0 atom stereocenters. The number of aryl methyl sites for hydroxylation is 1. The van der Waals surface area contributed by atoms with E-state index in [1.165, 1.54) is 12.4 Å². The molecule has 2 aromatic heterocycles. The number of carbonyl (C=O) groups excluding carboxylic acids is 1. The lowest BCUT2D eigenvalue weighted by Crippen LogP contribution is -2.48. The van der Waals surface area contributed by atoms with E-state index in [-0.39, 0.29) is 22.2 Å². The van der Waals surface area contributed by atoms with Crippen molar-refractivity contribution < 1.29 is 4.79 Å². The minimum atomic E-state index is -0.664. The van der Waals surface area contributed by atoms with Crippen LogP contribution in [-0.4, -0.2) is 20.4 Å². The summed E-state index contributed by atoms with van der Waals surface area (Å²) < 4.78 is 1.56. The Hall–Kier alpha value is -2.41. The summed E-state index contributed by atoms with van der Waals surface area (Å²) in [4.78, 5) is 34.0. The highest BCUT2D eigenvalue weighted by Crippen LogP contribution is 2.38. The summed E-state index contributed by atoms with van der Waals surface area (Å²) in [6, 6.07) is 1.51. The molecule has 3 heterocycles. The number of hydrogen-bond acceptors (Lipinski definition) is 5. The third kappa shape index (κ3) is 2.58. The number of amides is 1. The van der Waals surface area contributed by atoms with Gasteiger partial charge in [-0.15, -0.1) is 0 Å². The Balaban J connectivity index is 1.84. The maximum atomic E-state index is 13.2. The molecule has 1 spiro atoms. The van der Waals surface area contributed by atoms with Crippen molar-refractivity contribution >= 4 is 29.0 Å². The van der Waals surface area contributed by atoms with Crippen molar-refractivity contribution in [3.8, 4) is 0 Å². The Bertz CT molecular complexity index is 934. The van der Waals surface area contributed by atoms with E-state index in [0.717, 1.165) is 44.1 Å². The van der Waals surface area contributed by atoms with Gasteiger partial charge in [-0.05, 0) is 38.2 Å². The Kier molecular flexibility index (Phi) is 4.19. The molecule has 0 unspecified atom stereocenters.